The number of carboxylic acids is 1. The van der Waals surface area contributed by atoms with E-state index in [4.69, 9.17) is 5.11 Å². The predicted octanol–water partition coefficient (Wildman–Crippen LogP) is 2.02. The fraction of sp³-hybridized carbons (Fsp3) is 0.409. The maximum absolute atomic E-state index is 13.5. The van der Waals surface area contributed by atoms with Gasteiger partial charge in [-0.05, 0) is 30.2 Å². The van der Waals surface area contributed by atoms with Crippen LogP contribution in [0.15, 0.2) is 30.3 Å². The number of rotatable bonds is 10. The third-order valence-electron chi connectivity index (χ3n) is 4.82. The minimum absolute atomic E-state index is 0. The standard InChI is InChI=1S/C22H28FN3O6S.Ca/c1-13(2)20-18(10-9-16(27)11-17(28)12-19(29)30)21(14-5-7-15(23)8-6-14)25-22(24-20)26(3)33(4,31)32;/h5-10,13,16-17,27-28H,11-12H2,1-4H3,(H,29,30);/t16-,17-;/m1./s1. The van der Waals surface area contributed by atoms with Crippen molar-refractivity contribution in [3.05, 3.63) is 47.4 Å². The normalized spacial score (nSPS) is 13.5. The van der Waals surface area contributed by atoms with Crippen LogP contribution in [0.3, 0.4) is 0 Å². The minimum Gasteiger partial charge on any atom is -0.481 e. The second kappa shape index (κ2) is 12.9. The topological polar surface area (TPSA) is 141 Å². The Labute approximate surface area is 228 Å². The van der Waals surface area contributed by atoms with Crippen molar-refractivity contribution in [1.82, 2.24) is 9.97 Å². The van der Waals surface area contributed by atoms with Gasteiger partial charge in [0.15, 0.2) is 0 Å². The molecule has 9 nitrogen and oxygen atoms in total. The smallest absolute Gasteiger partial charge is 0.305 e. The van der Waals surface area contributed by atoms with Crippen LogP contribution >= 0.6 is 0 Å². The molecule has 1 aromatic carbocycles. The van der Waals surface area contributed by atoms with Crippen LogP contribution in [0.1, 0.15) is 43.9 Å². The predicted molar refractivity (Wildman–Crippen MR) is 128 cm³/mol. The van der Waals surface area contributed by atoms with Crippen LogP contribution in [0.25, 0.3) is 17.3 Å². The summed E-state index contributed by atoms with van der Waals surface area (Å²) in [5.41, 5.74) is 1.80. The molecule has 34 heavy (non-hydrogen) atoms. The van der Waals surface area contributed by atoms with Gasteiger partial charge in [-0.25, -0.2) is 27.1 Å². The van der Waals surface area contributed by atoms with Crippen LogP contribution in [-0.2, 0) is 14.8 Å². The first-order valence-corrected chi connectivity index (χ1v) is 12.0. The number of aromatic nitrogens is 2. The average molecular weight is 522 g/mol. The Morgan fingerprint density at radius 2 is 1.76 bits per heavy atom. The zero-order valence-corrected chi connectivity index (χ0v) is 22.5. The van der Waals surface area contributed by atoms with Gasteiger partial charge in [-0.3, -0.25) is 4.79 Å². The fourth-order valence-electron chi connectivity index (χ4n) is 3.05. The zero-order valence-electron chi connectivity index (χ0n) is 19.5. The number of halogens is 1. The molecule has 0 aliphatic heterocycles. The molecule has 2 radical (unpaired) electrons. The van der Waals surface area contributed by atoms with E-state index in [-0.39, 0.29) is 56.0 Å². The second-order valence-corrected chi connectivity index (χ2v) is 9.99. The molecule has 0 unspecified atom stereocenters. The third-order valence-corrected chi connectivity index (χ3v) is 5.97. The number of carbonyl (C=O) groups is 1. The van der Waals surface area contributed by atoms with Crippen molar-refractivity contribution in [2.75, 3.05) is 17.6 Å². The van der Waals surface area contributed by atoms with E-state index in [1.54, 1.807) is 0 Å². The largest absolute Gasteiger partial charge is 0.481 e. The average Bonchev–Trinajstić information content (AvgIpc) is 2.70. The second-order valence-electron chi connectivity index (χ2n) is 7.98. The van der Waals surface area contributed by atoms with Gasteiger partial charge >= 0.3 is 5.97 Å². The Morgan fingerprint density at radius 1 is 1.18 bits per heavy atom. The SMILES string of the molecule is CC(C)c1nc(N(C)S(C)(=O)=O)nc(-c2ccc(F)cc2)c1C=C[C@@H](O)C[C@@H](O)CC(=O)O.[Ca]. The molecule has 2 aromatic rings. The number of aliphatic hydroxyl groups is 2. The maximum Gasteiger partial charge on any atom is 0.305 e. The van der Waals surface area contributed by atoms with E-state index in [0.29, 0.717) is 22.5 Å². The maximum atomic E-state index is 13.5. The molecule has 182 valence electrons. The summed E-state index contributed by atoms with van der Waals surface area (Å²) in [6.07, 6.45) is 0.860. The Hall–Kier alpha value is -1.63. The summed E-state index contributed by atoms with van der Waals surface area (Å²) in [6, 6.07) is 5.49. The van der Waals surface area contributed by atoms with Crippen molar-refractivity contribution in [1.29, 1.82) is 0 Å². The van der Waals surface area contributed by atoms with Gasteiger partial charge in [0.2, 0.25) is 16.0 Å². The number of hydrogen-bond acceptors (Lipinski definition) is 7. The first-order valence-electron chi connectivity index (χ1n) is 10.2. The van der Waals surface area contributed by atoms with Crippen molar-refractivity contribution < 1.29 is 32.9 Å². The molecule has 1 aromatic heterocycles. The van der Waals surface area contributed by atoms with E-state index < -0.39 is 40.4 Å². The fourth-order valence-corrected chi connectivity index (χ4v) is 3.42. The van der Waals surface area contributed by atoms with Gasteiger partial charge in [0, 0.05) is 62.3 Å². The van der Waals surface area contributed by atoms with Crippen LogP contribution in [-0.4, -0.2) is 103 Å². The number of benzene rings is 1. The minimum atomic E-state index is -3.65. The summed E-state index contributed by atoms with van der Waals surface area (Å²) in [5.74, 6) is -1.87. The van der Waals surface area contributed by atoms with Gasteiger partial charge in [-0.15, -0.1) is 0 Å². The Balaban J connectivity index is 0.00000578. The van der Waals surface area contributed by atoms with Gasteiger partial charge in [0.1, 0.15) is 5.82 Å². The molecule has 0 spiro atoms. The van der Waals surface area contributed by atoms with Crippen LogP contribution < -0.4 is 4.31 Å². The van der Waals surface area contributed by atoms with Crippen molar-refractivity contribution in [3.8, 4) is 11.3 Å². The van der Waals surface area contributed by atoms with Crippen LogP contribution in [0, 0.1) is 5.82 Å². The molecule has 0 aliphatic carbocycles. The quantitative estimate of drug-likeness (QED) is 0.403. The van der Waals surface area contributed by atoms with Crippen molar-refractivity contribution >= 4 is 65.8 Å². The molecule has 3 N–H and O–H groups in total. The molecule has 2 atom stereocenters. The number of nitrogens with zero attached hydrogens (tertiary/aromatic N) is 3. The van der Waals surface area contributed by atoms with Gasteiger partial charge in [-0.1, -0.05) is 26.0 Å². The number of anilines is 1. The van der Waals surface area contributed by atoms with Gasteiger partial charge in [-0.2, -0.15) is 0 Å². The van der Waals surface area contributed by atoms with Gasteiger partial charge in [0.25, 0.3) is 0 Å². The van der Waals surface area contributed by atoms with E-state index in [9.17, 15) is 27.8 Å². The molecule has 2 rings (SSSR count). The number of aliphatic carboxylic acids is 1. The van der Waals surface area contributed by atoms with Gasteiger partial charge < -0.3 is 15.3 Å². The number of aliphatic hydroxyl groups excluding tert-OH is 2. The molecule has 0 fully saturated rings. The monoisotopic (exact) mass is 521 g/mol. The van der Waals surface area contributed by atoms with Crippen molar-refractivity contribution in [3.63, 3.8) is 0 Å². The molecular weight excluding hydrogens is 493 g/mol. The third kappa shape index (κ3) is 8.54. The molecule has 1 heterocycles. The summed E-state index contributed by atoms with van der Waals surface area (Å²) in [4.78, 5) is 19.6. The molecule has 0 bridgehead atoms. The van der Waals surface area contributed by atoms with Crippen molar-refractivity contribution in [2.24, 2.45) is 0 Å². The molecule has 0 saturated heterocycles. The first kappa shape index (κ1) is 30.4. The van der Waals surface area contributed by atoms with Crippen LogP contribution in [0.5, 0.6) is 0 Å². The van der Waals surface area contributed by atoms with Crippen LogP contribution in [0.4, 0.5) is 10.3 Å². The van der Waals surface area contributed by atoms with E-state index in [2.05, 4.69) is 9.97 Å². The van der Waals surface area contributed by atoms with Crippen molar-refractivity contribution in [2.45, 2.75) is 44.8 Å². The molecule has 0 saturated carbocycles. The molecule has 12 heteroatoms. The number of hydrogen-bond donors (Lipinski definition) is 3. The molecular formula is C22H28CaFN3O6S. The molecule has 0 amide bonds. The summed E-state index contributed by atoms with van der Waals surface area (Å²) in [7, 11) is -2.33. The Morgan fingerprint density at radius 3 is 2.26 bits per heavy atom. The van der Waals surface area contributed by atoms with E-state index >= 15 is 0 Å². The zero-order chi connectivity index (χ0) is 24.9. The first-order chi connectivity index (χ1) is 15.3. The van der Waals surface area contributed by atoms with E-state index in [0.717, 1.165) is 10.6 Å². The van der Waals surface area contributed by atoms with E-state index in [1.165, 1.54) is 43.5 Å². The van der Waals surface area contributed by atoms with Gasteiger partial charge in [0.05, 0.1) is 36.3 Å². The Bertz CT molecular complexity index is 1130. The van der Waals surface area contributed by atoms with Crippen LogP contribution in [0.2, 0.25) is 0 Å². The number of carboxylic acid groups (broad SMARTS) is 1. The van der Waals surface area contributed by atoms with E-state index in [1.807, 2.05) is 13.8 Å². The summed E-state index contributed by atoms with van der Waals surface area (Å²) < 4.78 is 38.6. The Kier molecular flexibility index (Phi) is 11.5. The number of sulfonamides is 1. The molecule has 0 aliphatic rings. The summed E-state index contributed by atoms with van der Waals surface area (Å²) >= 11 is 0. The summed E-state index contributed by atoms with van der Waals surface area (Å²) in [5, 5.41) is 28.8. The summed E-state index contributed by atoms with van der Waals surface area (Å²) in [6.45, 7) is 3.71.